The molecule has 0 saturated carbocycles. The maximum Gasteiger partial charge on any atom is 0.164 e. The Morgan fingerprint density at radius 3 is 2.42 bits per heavy atom. The fourth-order valence-corrected chi connectivity index (χ4v) is 7.85. The first-order valence-electron chi connectivity index (χ1n) is 12.4. The summed E-state index contributed by atoms with van der Waals surface area (Å²) in [5.74, 6) is 0.818. The third-order valence-corrected chi connectivity index (χ3v) is 10.5. The largest absolute Gasteiger partial charge is 0.303 e. The van der Waals surface area contributed by atoms with Crippen LogP contribution >= 0.6 is 34.5 Å². The van der Waals surface area contributed by atoms with Crippen molar-refractivity contribution in [2.24, 2.45) is 5.92 Å². The lowest BCUT2D eigenvalue weighted by molar-refractivity contribution is 0.0925. The number of fused-ring (bicyclic) bond motifs is 2. The minimum Gasteiger partial charge on any atom is -0.303 e. The summed E-state index contributed by atoms with van der Waals surface area (Å²) in [5.41, 5.74) is 2.25. The molecule has 36 heavy (non-hydrogen) atoms. The van der Waals surface area contributed by atoms with Gasteiger partial charge >= 0.3 is 0 Å². The SMILES string of the molecule is O=C1CC2(CCN(CC3CCN(S(=O)c4ccc(Cl)c(Cl)c4)C3)CC2)c2ccccc21.c1ccsc1. The van der Waals surface area contributed by atoms with Crippen molar-refractivity contribution in [3.05, 3.63) is 86.5 Å². The van der Waals surface area contributed by atoms with E-state index in [4.69, 9.17) is 23.2 Å². The zero-order valence-corrected chi connectivity index (χ0v) is 23.2. The molecule has 6 rings (SSSR count). The van der Waals surface area contributed by atoms with Gasteiger partial charge in [-0.25, -0.2) is 8.51 Å². The summed E-state index contributed by atoms with van der Waals surface area (Å²) in [5, 5.41) is 5.01. The Hall–Kier alpha value is -1.54. The van der Waals surface area contributed by atoms with Crippen molar-refractivity contribution in [1.82, 2.24) is 9.21 Å². The van der Waals surface area contributed by atoms with Crippen molar-refractivity contribution in [2.75, 3.05) is 32.7 Å². The number of carbonyl (C=O) groups excluding carboxylic acids is 1. The number of ketones is 1. The molecule has 0 amide bonds. The molecule has 190 valence electrons. The molecule has 1 spiro atoms. The molecule has 8 heteroatoms. The number of benzene rings is 2. The van der Waals surface area contributed by atoms with Gasteiger partial charge in [0.1, 0.15) is 11.0 Å². The highest BCUT2D eigenvalue weighted by atomic mass is 35.5. The molecule has 2 saturated heterocycles. The number of halogens is 2. The van der Waals surface area contributed by atoms with Gasteiger partial charge in [-0.05, 0) is 72.8 Å². The zero-order valence-electron chi connectivity index (χ0n) is 20.1. The van der Waals surface area contributed by atoms with E-state index in [1.807, 2.05) is 39.3 Å². The lowest BCUT2D eigenvalue weighted by Crippen LogP contribution is -2.43. The van der Waals surface area contributed by atoms with Gasteiger partial charge in [0.05, 0.1) is 14.9 Å². The minimum atomic E-state index is -1.21. The molecule has 2 atom stereocenters. The Morgan fingerprint density at radius 2 is 1.72 bits per heavy atom. The summed E-state index contributed by atoms with van der Waals surface area (Å²) in [4.78, 5) is 15.7. The minimum absolute atomic E-state index is 0.0429. The Labute approximate surface area is 229 Å². The van der Waals surface area contributed by atoms with Gasteiger partial charge in [0.25, 0.3) is 0 Å². The predicted molar refractivity (Wildman–Crippen MR) is 150 cm³/mol. The Kier molecular flexibility index (Phi) is 8.30. The van der Waals surface area contributed by atoms with Crippen LogP contribution in [0.1, 0.15) is 41.6 Å². The van der Waals surface area contributed by atoms with Crippen LogP contribution in [0.2, 0.25) is 10.0 Å². The molecule has 1 aliphatic carbocycles. The molecular formula is C28H30Cl2N2O2S2. The number of thiophene rings is 1. The highest BCUT2D eigenvalue weighted by molar-refractivity contribution is 7.82. The van der Waals surface area contributed by atoms with E-state index in [0.29, 0.717) is 33.1 Å². The van der Waals surface area contributed by atoms with E-state index in [1.54, 1.807) is 29.5 Å². The molecule has 3 aromatic rings. The smallest absolute Gasteiger partial charge is 0.164 e. The third kappa shape index (κ3) is 5.64. The Balaban J connectivity index is 0.000000477. The summed E-state index contributed by atoms with van der Waals surface area (Å²) in [6.07, 6.45) is 3.80. The van der Waals surface area contributed by atoms with Crippen LogP contribution < -0.4 is 0 Å². The maximum atomic E-state index is 13.0. The van der Waals surface area contributed by atoms with Crippen molar-refractivity contribution in [3.8, 4) is 0 Å². The molecule has 3 aliphatic rings. The third-order valence-electron chi connectivity index (χ3n) is 7.63. The van der Waals surface area contributed by atoms with E-state index in [2.05, 4.69) is 17.0 Å². The Morgan fingerprint density at radius 1 is 0.972 bits per heavy atom. The van der Waals surface area contributed by atoms with Crippen LogP contribution in [-0.2, 0) is 16.4 Å². The number of nitrogens with zero attached hydrogens (tertiary/aromatic N) is 2. The molecule has 0 N–H and O–H groups in total. The lowest BCUT2D eigenvalue weighted by atomic mass is 9.73. The van der Waals surface area contributed by atoms with Gasteiger partial charge in [0, 0.05) is 37.0 Å². The second-order valence-electron chi connectivity index (χ2n) is 9.89. The number of likely N-dealkylation sites (tertiary alicyclic amines) is 1. The summed E-state index contributed by atoms with van der Waals surface area (Å²) in [6.45, 7) is 4.73. The van der Waals surface area contributed by atoms with Crippen molar-refractivity contribution >= 4 is 51.3 Å². The second-order valence-corrected chi connectivity index (χ2v) is 13.0. The van der Waals surface area contributed by atoms with Gasteiger partial charge in [0.2, 0.25) is 0 Å². The molecule has 0 bridgehead atoms. The number of piperidine rings is 1. The van der Waals surface area contributed by atoms with Gasteiger partial charge in [-0.1, -0.05) is 59.6 Å². The first kappa shape index (κ1) is 26.1. The van der Waals surface area contributed by atoms with Crippen molar-refractivity contribution in [1.29, 1.82) is 0 Å². The van der Waals surface area contributed by atoms with Crippen LogP contribution in [0.25, 0.3) is 0 Å². The molecule has 4 nitrogen and oxygen atoms in total. The molecule has 3 heterocycles. The predicted octanol–water partition coefficient (Wildman–Crippen LogP) is 6.71. The van der Waals surface area contributed by atoms with E-state index in [-0.39, 0.29) is 5.41 Å². The van der Waals surface area contributed by atoms with Gasteiger partial charge in [-0.15, -0.1) is 0 Å². The highest BCUT2D eigenvalue weighted by Crippen LogP contribution is 2.46. The van der Waals surface area contributed by atoms with Crippen molar-refractivity contribution in [3.63, 3.8) is 0 Å². The van der Waals surface area contributed by atoms with Crippen LogP contribution in [0.5, 0.6) is 0 Å². The average molecular weight is 562 g/mol. The van der Waals surface area contributed by atoms with E-state index in [9.17, 15) is 9.00 Å². The number of Topliss-reactive ketones (excluding diaryl/α,β-unsaturated/α-hetero) is 1. The van der Waals surface area contributed by atoms with Gasteiger partial charge in [-0.2, -0.15) is 11.3 Å². The van der Waals surface area contributed by atoms with Crippen LogP contribution in [0.15, 0.2) is 70.3 Å². The molecular weight excluding hydrogens is 531 g/mol. The summed E-state index contributed by atoms with van der Waals surface area (Å²) in [6, 6.07) is 17.4. The normalized spacial score (nSPS) is 22.3. The first-order chi connectivity index (χ1) is 17.4. The monoisotopic (exact) mass is 560 g/mol. The molecule has 0 radical (unpaired) electrons. The standard InChI is InChI=1S/C24H26Cl2N2O2S.C4H4S/c25-21-6-5-18(13-22(21)26)31(30)28-10-7-17(16-28)15-27-11-8-24(9-12-27)14-23(29)19-3-1-2-4-20(19)24;1-2-4-5-3-1/h1-6,13,17H,7-12,14-16H2;1-4H. The molecule has 1 aromatic heterocycles. The van der Waals surface area contributed by atoms with Crippen molar-refractivity contribution in [2.45, 2.75) is 36.0 Å². The molecule has 2 unspecified atom stereocenters. The van der Waals surface area contributed by atoms with Crippen LogP contribution in [0.3, 0.4) is 0 Å². The Bertz CT molecular complexity index is 1210. The molecule has 2 fully saturated rings. The lowest BCUT2D eigenvalue weighted by Gasteiger charge is -2.40. The highest BCUT2D eigenvalue weighted by Gasteiger charge is 2.45. The van der Waals surface area contributed by atoms with Crippen LogP contribution in [0.4, 0.5) is 0 Å². The zero-order chi connectivity index (χ0) is 25.1. The quantitative estimate of drug-likeness (QED) is 0.356. The average Bonchev–Trinajstić information content (AvgIpc) is 3.66. The summed E-state index contributed by atoms with van der Waals surface area (Å²) in [7, 11) is -1.21. The van der Waals surface area contributed by atoms with E-state index in [0.717, 1.165) is 57.5 Å². The van der Waals surface area contributed by atoms with E-state index in [1.165, 1.54) is 5.56 Å². The number of rotatable bonds is 4. The number of hydrogen-bond acceptors (Lipinski definition) is 4. The fraction of sp³-hybridized carbons (Fsp3) is 0.393. The number of hydrogen-bond donors (Lipinski definition) is 0. The maximum absolute atomic E-state index is 13.0. The first-order valence-corrected chi connectivity index (χ1v) is 15.2. The van der Waals surface area contributed by atoms with Gasteiger partial charge in [-0.3, -0.25) is 4.79 Å². The van der Waals surface area contributed by atoms with Crippen molar-refractivity contribution < 1.29 is 9.00 Å². The van der Waals surface area contributed by atoms with Crippen LogP contribution in [0, 0.1) is 5.92 Å². The fourth-order valence-electron chi connectivity index (χ4n) is 5.72. The molecule has 2 aliphatic heterocycles. The van der Waals surface area contributed by atoms with E-state index < -0.39 is 11.0 Å². The summed E-state index contributed by atoms with van der Waals surface area (Å²) < 4.78 is 15.0. The molecule has 2 aromatic carbocycles. The number of carbonyl (C=O) groups is 1. The summed E-state index contributed by atoms with van der Waals surface area (Å²) >= 11 is 13.8. The van der Waals surface area contributed by atoms with Gasteiger partial charge < -0.3 is 4.90 Å². The topological polar surface area (TPSA) is 40.6 Å². The van der Waals surface area contributed by atoms with E-state index >= 15 is 0 Å². The second kappa shape index (κ2) is 11.5. The van der Waals surface area contributed by atoms with Gasteiger partial charge in [0.15, 0.2) is 5.78 Å². The van der Waals surface area contributed by atoms with Crippen LogP contribution in [-0.4, -0.2) is 51.9 Å².